The largest absolute Gasteiger partial charge is 0.481 e. The molecule has 2 aromatic heterocycles. The van der Waals surface area contributed by atoms with E-state index in [-0.39, 0.29) is 31.6 Å². The second-order valence-corrected chi connectivity index (χ2v) is 10.5. The van der Waals surface area contributed by atoms with E-state index in [2.05, 4.69) is 30.9 Å². The number of aliphatic carboxylic acids is 2. The molecule has 4 atom stereocenters. The normalized spacial score (nSPS) is 14.1. The van der Waals surface area contributed by atoms with Crippen LogP contribution in [0.2, 0.25) is 0 Å². The Labute approximate surface area is 241 Å². The van der Waals surface area contributed by atoms with Gasteiger partial charge in [0.15, 0.2) is 0 Å². The van der Waals surface area contributed by atoms with Gasteiger partial charge in [-0.2, -0.15) is 0 Å². The Morgan fingerprint density at radius 2 is 1.57 bits per heavy atom. The zero-order valence-corrected chi connectivity index (χ0v) is 23.4. The van der Waals surface area contributed by atoms with Gasteiger partial charge in [-0.15, -0.1) is 0 Å². The first-order valence-corrected chi connectivity index (χ1v) is 13.6. The summed E-state index contributed by atoms with van der Waals surface area (Å²) >= 11 is 0. The number of carboxylic acid groups (broad SMARTS) is 2. The number of nitrogens with zero attached hydrogens (tertiary/aromatic N) is 1. The molecule has 0 bridgehead atoms. The van der Waals surface area contributed by atoms with Crippen molar-refractivity contribution in [1.82, 2.24) is 30.9 Å². The van der Waals surface area contributed by atoms with Gasteiger partial charge in [0.25, 0.3) is 0 Å². The number of carboxylic acids is 2. The topological polar surface area (TPSA) is 232 Å². The van der Waals surface area contributed by atoms with E-state index in [1.807, 2.05) is 24.3 Å². The molecular weight excluding hydrogens is 546 g/mol. The molecule has 0 saturated carbocycles. The Hall–Kier alpha value is -4.72. The molecule has 0 saturated heterocycles. The molecule has 226 valence electrons. The van der Waals surface area contributed by atoms with Crippen LogP contribution in [0.3, 0.4) is 0 Å². The van der Waals surface area contributed by atoms with Gasteiger partial charge in [-0.3, -0.25) is 19.2 Å². The summed E-state index contributed by atoms with van der Waals surface area (Å²) in [6, 6.07) is 2.72. The van der Waals surface area contributed by atoms with Crippen molar-refractivity contribution in [3.05, 3.63) is 54.2 Å². The number of benzene rings is 1. The summed E-state index contributed by atoms with van der Waals surface area (Å²) in [5, 5.41) is 27.1. The number of H-pyrrole nitrogens is 2. The molecular formula is C28H37N7O7. The van der Waals surface area contributed by atoms with Crippen LogP contribution in [0.15, 0.2) is 43.0 Å². The Bertz CT molecular complexity index is 1390. The van der Waals surface area contributed by atoms with Gasteiger partial charge >= 0.3 is 11.9 Å². The molecule has 42 heavy (non-hydrogen) atoms. The van der Waals surface area contributed by atoms with Gasteiger partial charge in [0.2, 0.25) is 17.7 Å². The first-order chi connectivity index (χ1) is 19.9. The lowest BCUT2D eigenvalue weighted by Crippen LogP contribution is -2.58. The van der Waals surface area contributed by atoms with E-state index in [1.165, 1.54) is 12.5 Å². The van der Waals surface area contributed by atoms with Crippen molar-refractivity contribution in [3.8, 4) is 0 Å². The SMILES string of the molecule is CC(C)CC(NC(=O)C(CCC(=O)O)NC(=O)C(Cc1cnc[nH]1)NC(=O)C(N)Cc1c[nH]c2ccccc12)C(=O)O. The number of rotatable bonds is 16. The van der Waals surface area contributed by atoms with Crippen molar-refractivity contribution in [2.75, 3.05) is 0 Å². The number of carbonyl (C=O) groups excluding carboxylic acids is 3. The van der Waals surface area contributed by atoms with Crippen LogP contribution >= 0.6 is 0 Å². The highest BCUT2D eigenvalue weighted by atomic mass is 16.4. The molecule has 3 amide bonds. The standard InChI is InChI=1S/C28H37N7O7/c1-15(2)9-23(28(41)42)35-26(39)21(7-8-24(36)37)33-27(40)22(11-17-13-30-14-32-17)34-25(38)19(29)10-16-12-31-20-6-4-3-5-18(16)20/h3-6,12-15,19,21-23,31H,7-11,29H2,1-2H3,(H,30,32)(H,33,40)(H,34,38)(H,35,39)(H,36,37)(H,41,42). The van der Waals surface area contributed by atoms with Crippen molar-refractivity contribution in [1.29, 1.82) is 0 Å². The molecule has 1 aromatic carbocycles. The van der Waals surface area contributed by atoms with E-state index in [0.29, 0.717) is 5.69 Å². The van der Waals surface area contributed by atoms with Crippen molar-refractivity contribution in [3.63, 3.8) is 0 Å². The van der Waals surface area contributed by atoms with E-state index < -0.39 is 60.2 Å². The molecule has 3 rings (SSSR count). The minimum Gasteiger partial charge on any atom is -0.481 e. The summed E-state index contributed by atoms with van der Waals surface area (Å²) < 4.78 is 0. The van der Waals surface area contributed by atoms with Gasteiger partial charge in [-0.25, -0.2) is 9.78 Å². The van der Waals surface area contributed by atoms with E-state index in [4.69, 9.17) is 5.73 Å². The molecule has 0 aliphatic rings. The molecule has 0 spiro atoms. The number of imidazole rings is 1. The van der Waals surface area contributed by atoms with Crippen molar-refractivity contribution in [2.45, 2.75) is 70.1 Å². The first kappa shape index (κ1) is 31.8. The maximum Gasteiger partial charge on any atom is 0.326 e. The van der Waals surface area contributed by atoms with E-state index in [1.54, 1.807) is 20.0 Å². The van der Waals surface area contributed by atoms with E-state index >= 15 is 0 Å². The number of nitrogens with two attached hydrogens (primary N) is 1. The average molecular weight is 584 g/mol. The lowest BCUT2D eigenvalue weighted by Gasteiger charge is -2.25. The van der Waals surface area contributed by atoms with Crippen LogP contribution in [-0.2, 0) is 36.8 Å². The summed E-state index contributed by atoms with van der Waals surface area (Å²) in [6.45, 7) is 3.58. The van der Waals surface area contributed by atoms with Gasteiger partial charge in [0, 0.05) is 41.8 Å². The molecule has 14 nitrogen and oxygen atoms in total. The predicted octanol–water partition coefficient (Wildman–Crippen LogP) is 0.453. The van der Waals surface area contributed by atoms with E-state index in [0.717, 1.165) is 16.5 Å². The van der Waals surface area contributed by atoms with Crippen LogP contribution in [0.25, 0.3) is 10.9 Å². The predicted molar refractivity (Wildman–Crippen MR) is 152 cm³/mol. The number of hydrogen-bond acceptors (Lipinski definition) is 7. The molecule has 2 heterocycles. The fourth-order valence-corrected chi connectivity index (χ4v) is 4.51. The zero-order valence-electron chi connectivity index (χ0n) is 23.4. The fourth-order valence-electron chi connectivity index (χ4n) is 4.51. The smallest absolute Gasteiger partial charge is 0.326 e. The lowest BCUT2D eigenvalue weighted by molar-refractivity contribution is -0.143. The third kappa shape index (κ3) is 9.16. The van der Waals surface area contributed by atoms with Crippen molar-refractivity contribution in [2.24, 2.45) is 11.7 Å². The number of amides is 3. The van der Waals surface area contributed by atoms with Crippen LogP contribution in [0.5, 0.6) is 0 Å². The minimum atomic E-state index is -1.37. The van der Waals surface area contributed by atoms with Gasteiger partial charge in [0.05, 0.1) is 12.4 Å². The maximum atomic E-state index is 13.4. The Morgan fingerprint density at radius 3 is 2.21 bits per heavy atom. The minimum absolute atomic E-state index is 0.0320. The highest BCUT2D eigenvalue weighted by Gasteiger charge is 2.31. The number of fused-ring (bicyclic) bond motifs is 1. The van der Waals surface area contributed by atoms with Crippen molar-refractivity contribution < 1.29 is 34.2 Å². The summed E-state index contributed by atoms with van der Waals surface area (Å²) in [7, 11) is 0. The Morgan fingerprint density at radius 1 is 0.905 bits per heavy atom. The van der Waals surface area contributed by atoms with Crippen LogP contribution in [0.1, 0.15) is 44.4 Å². The zero-order chi connectivity index (χ0) is 30.8. The quantitative estimate of drug-likeness (QED) is 0.117. The molecule has 0 aliphatic carbocycles. The summed E-state index contributed by atoms with van der Waals surface area (Å²) in [5.41, 5.74) is 8.43. The van der Waals surface area contributed by atoms with Crippen LogP contribution in [0.4, 0.5) is 0 Å². The third-order valence-corrected chi connectivity index (χ3v) is 6.66. The Kier molecular flexibility index (Phi) is 11.2. The molecule has 4 unspecified atom stereocenters. The molecule has 3 aromatic rings. The number of hydrogen-bond donors (Lipinski definition) is 8. The number of aromatic nitrogens is 3. The van der Waals surface area contributed by atoms with Gasteiger partial charge < -0.3 is 41.9 Å². The maximum absolute atomic E-state index is 13.4. The number of nitrogens with one attached hydrogen (secondary N) is 5. The summed E-state index contributed by atoms with van der Waals surface area (Å²) in [4.78, 5) is 72.4. The summed E-state index contributed by atoms with van der Waals surface area (Å²) in [6.07, 6.45) is 4.16. The van der Waals surface area contributed by atoms with Crippen molar-refractivity contribution >= 4 is 40.6 Å². The molecule has 0 aliphatic heterocycles. The molecule has 0 fully saturated rings. The van der Waals surface area contributed by atoms with Crippen LogP contribution in [0, 0.1) is 5.92 Å². The number of carbonyl (C=O) groups is 5. The van der Waals surface area contributed by atoms with Gasteiger partial charge in [-0.05, 0) is 36.8 Å². The summed E-state index contributed by atoms with van der Waals surface area (Å²) in [5.74, 6) is -4.76. The van der Waals surface area contributed by atoms with Crippen LogP contribution < -0.4 is 21.7 Å². The molecule has 14 heteroatoms. The van der Waals surface area contributed by atoms with E-state index in [9.17, 15) is 34.2 Å². The third-order valence-electron chi connectivity index (χ3n) is 6.66. The fraction of sp³-hybridized carbons (Fsp3) is 0.429. The molecule has 0 radical (unpaired) electrons. The number of para-hydroxylation sites is 1. The van der Waals surface area contributed by atoms with Gasteiger partial charge in [-0.1, -0.05) is 32.0 Å². The highest BCUT2D eigenvalue weighted by molar-refractivity contribution is 5.94. The monoisotopic (exact) mass is 583 g/mol. The average Bonchev–Trinajstić information content (AvgIpc) is 3.59. The molecule has 9 N–H and O–H groups in total. The highest BCUT2D eigenvalue weighted by Crippen LogP contribution is 2.19. The second kappa shape index (κ2) is 14.8. The van der Waals surface area contributed by atoms with Gasteiger partial charge in [0.1, 0.15) is 18.1 Å². The van der Waals surface area contributed by atoms with Crippen LogP contribution in [-0.4, -0.2) is 79.0 Å². The first-order valence-electron chi connectivity index (χ1n) is 13.6. The lowest BCUT2D eigenvalue weighted by atomic mass is 10.0. The second-order valence-electron chi connectivity index (χ2n) is 10.5. The number of aromatic amines is 2. The Balaban J connectivity index is 1.75.